The van der Waals surface area contributed by atoms with Gasteiger partial charge in [-0.05, 0) is 37.3 Å². The lowest BCUT2D eigenvalue weighted by atomic mass is 9.88. The number of ether oxygens (including phenoxy) is 1. The zero-order chi connectivity index (χ0) is 14.6. The predicted molar refractivity (Wildman–Crippen MR) is 78.4 cm³/mol. The monoisotopic (exact) mass is 297 g/mol. The molecule has 112 valence electrons. The summed E-state index contributed by atoms with van der Waals surface area (Å²) >= 11 is 0. The Morgan fingerprint density at radius 3 is 2.70 bits per heavy atom. The molecule has 0 spiro atoms. The lowest BCUT2D eigenvalue weighted by Crippen LogP contribution is -2.27. The van der Waals surface area contributed by atoms with Gasteiger partial charge in [-0.1, -0.05) is 25.8 Å². The molecule has 20 heavy (non-hydrogen) atoms. The van der Waals surface area contributed by atoms with Gasteiger partial charge in [0.05, 0.1) is 18.5 Å². The highest BCUT2D eigenvalue weighted by Crippen LogP contribution is 2.26. The van der Waals surface area contributed by atoms with E-state index in [0.29, 0.717) is 5.92 Å². The summed E-state index contributed by atoms with van der Waals surface area (Å²) in [4.78, 5) is 3.99. The largest absolute Gasteiger partial charge is 0.377 e. The third kappa shape index (κ3) is 4.03. The Bertz CT molecular complexity index is 525. The number of rotatable bonds is 5. The third-order valence-corrected chi connectivity index (χ3v) is 5.50. The predicted octanol–water partition coefficient (Wildman–Crippen LogP) is 2.76. The average molecular weight is 297 g/mol. The molecule has 1 saturated carbocycles. The van der Waals surface area contributed by atoms with Crippen molar-refractivity contribution in [1.29, 1.82) is 0 Å². The van der Waals surface area contributed by atoms with E-state index in [-0.39, 0.29) is 23.5 Å². The Morgan fingerprint density at radius 2 is 2.05 bits per heavy atom. The van der Waals surface area contributed by atoms with Gasteiger partial charge >= 0.3 is 0 Å². The van der Waals surface area contributed by atoms with Crippen molar-refractivity contribution in [3.8, 4) is 0 Å². The number of sulfone groups is 1. The highest BCUT2D eigenvalue weighted by atomic mass is 32.2. The Labute approximate surface area is 121 Å². The van der Waals surface area contributed by atoms with Gasteiger partial charge in [-0.25, -0.2) is 13.4 Å². The average Bonchev–Trinajstić information content (AvgIpc) is 2.41. The van der Waals surface area contributed by atoms with E-state index in [9.17, 15) is 8.42 Å². The normalized spacial score (nSPS) is 23.7. The van der Waals surface area contributed by atoms with Crippen molar-refractivity contribution in [3.63, 3.8) is 0 Å². The molecule has 1 fully saturated rings. The topological polar surface area (TPSA) is 56.3 Å². The van der Waals surface area contributed by atoms with Crippen LogP contribution in [0.15, 0.2) is 23.4 Å². The molecule has 0 aliphatic heterocycles. The zero-order valence-corrected chi connectivity index (χ0v) is 13.0. The molecule has 0 amide bonds. The second-order valence-electron chi connectivity index (χ2n) is 5.66. The van der Waals surface area contributed by atoms with Gasteiger partial charge in [0.2, 0.25) is 0 Å². The fraction of sp³-hybridized carbons (Fsp3) is 0.667. The van der Waals surface area contributed by atoms with E-state index in [1.165, 1.54) is 19.3 Å². The molecule has 1 heterocycles. The Kier molecular flexibility index (Phi) is 5.16. The van der Waals surface area contributed by atoms with Crippen LogP contribution in [0.25, 0.3) is 0 Å². The first kappa shape index (κ1) is 15.4. The summed E-state index contributed by atoms with van der Waals surface area (Å²) in [6, 6.07) is 3.33. The smallest absolute Gasteiger partial charge is 0.197 e. The number of nitrogens with zero attached hydrogens (tertiary/aromatic N) is 1. The molecule has 0 saturated heterocycles. The molecule has 0 bridgehead atoms. The van der Waals surface area contributed by atoms with Crippen LogP contribution in [0, 0.1) is 12.8 Å². The van der Waals surface area contributed by atoms with Crippen molar-refractivity contribution in [2.45, 2.75) is 50.7 Å². The van der Waals surface area contributed by atoms with Crippen LogP contribution in [0.2, 0.25) is 0 Å². The van der Waals surface area contributed by atoms with Crippen LogP contribution in [-0.4, -0.2) is 31.9 Å². The quantitative estimate of drug-likeness (QED) is 0.838. The van der Waals surface area contributed by atoms with Crippen molar-refractivity contribution < 1.29 is 13.2 Å². The van der Waals surface area contributed by atoms with E-state index >= 15 is 0 Å². The molecule has 1 aromatic rings. The first-order valence-electron chi connectivity index (χ1n) is 7.26. The van der Waals surface area contributed by atoms with Gasteiger partial charge in [0.1, 0.15) is 0 Å². The van der Waals surface area contributed by atoms with Gasteiger partial charge < -0.3 is 4.74 Å². The van der Waals surface area contributed by atoms with E-state index in [1.54, 1.807) is 18.3 Å². The van der Waals surface area contributed by atoms with Crippen molar-refractivity contribution in [3.05, 3.63) is 23.9 Å². The lowest BCUT2D eigenvalue weighted by molar-refractivity contribution is 0.00301. The lowest BCUT2D eigenvalue weighted by Gasteiger charge is -2.28. The number of aryl methyl sites for hydroxylation is 1. The van der Waals surface area contributed by atoms with Crippen LogP contribution in [0.5, 0.6) is 0 Å². The molecular formula is C15H23NO3S. The molecule has 2 atom stereocenters. The van der Waals surface area contributed by atoms with Gasteiger partial charge in [-0.3, -0.25) is 0 Å². The van der Waals surface area contributed by atoms with E-state index in [4.69, 9.17) is 4.74 Å². The SMILES string of the molecule is Cc1ccc(S(=O)(=O)CCO[C@H]2CCCC[C@H]2C)nc1. The van der Waals surface area contributed by atoms with Crippen LogP contribution in [0.3, 0.4) is 0 Å². The summed E-state index contributed by atoms with van der Waals surface area (Å²) < 4.78 is 30.0. The molecule has 0 aromatic carbocycles. The van der Waals surface area contributed by atoms with Gasteiger partial charge in [0.25, 0.3) is 0 Å². The molecule has 5 heteroatoms. The number of aromatic nitrogens is 1. The molecule has 1 aliphatic rings. The van der Waals surface area contributed by atoms with Crippen molar-refractivity contribution in [2.75, 3.05) is 12.4 Å². The minimum Gasteiger partial charge on any atom is -0.377 e. The molecule has 2 rings (SSSR count). The van der Waals surface area contributed by atoms with Gasteiger partial charge in [0.15, 0.2) is 14.9 Å². The Hall–Kier alpha value is -0.940. The van der Waals surface area contributed by atoms with E-state index < -0.39 is 9.84 Å². The summed E-state index contributed by atoms with van der Waals surface area (Å²) in [5, 5.41) is 0.142. The third-order valence-electron chi connectivity index (χ3n) is 3.92. The maximum Gasteiger partial charge on any atom is 0.197 e. The van der Waals surface area contributed by atoms with Crippen molar-refractivity contribution in [2.24, 2.45) is 5.92 Å². The van der Waals surface area contributed by atoms with Gasteiger partial charge in [-0.2, -0.15) is 0 Å². The minimum absolute atomic E-state index is 0.00623. The Morgan fingerprint density at radius 1 is 1.30 bits per heavy atom. The maximum atomic E-state index is 12.1. The summed E-state index contributed by atoms with van der Waals surface area (Å²) in [6.45, 7) is 4.32. The van der Waals surface area contributed by atoms with Crippen LogP contribution < -0.4 is 0 Å². The first-order valence-corrected chi connectivity index (χ1v) is 8.91. The fourth-order valence-electron chi connectivity index (χ4n) is 2.58. The molecule has 4 nitrogen and oxygen atoms in total. The van der Waals surface area contributed by atoms with E-state index in [0.717, 1.165) is 12.0 Å². The van der Waals surface area contributed by atoms with Crippen LogP contribution in [0.1, 0.15) is 38.2 Å². The highest BCUT2D eigenvalue weighted by molar-refractivity contribution is 7.91. The fourth-order valence-corrected chi connectivity index (χ4v) is 3.60. The minimum atomic E-state index is -3.33. The molecule has 1 aromatic heterocycles. The number of hydrogen-bond acceptors (Lipinski definition) is 4. The molecule has 0 unspecified atom stereocenters. The molecule has 0 radical (unpaired) electrons. The van der Waals surface area contributed by atoms with E-state index in [2.05, 4.69) is 11.9 Å². The molecule has 1 aliphatic carbocycles. The summed E-state index contributed by atoms with van der Waals surface area (Å²) in [5.74, 6) is 0.538. The van der Waals surface area contributed by atoms with Crippen LogP contribution in [-0.2, 0) is 14.6 Å². The molecule has 0 N–H and O–H groups in total. The van der Waals surface area contributed by atoms with Gasteiger partial charge in [-0.15, -0.1) is 0 Å². The second-order valence-corrected chi connectivity index (χ2v) is 7.72. The Balaban J connectivity index is 1.87. The summed E-state index contributed by atoms with van der Waals surface area (Å²) in [5.41, 5.74) is 0.955. The van der Waals surface area contributed by atoms with Crippen LogP contribution >= 0.6 is 0 Å². The number of hydrogen-bond donors (Lipinski definition) is 0. The highest BCUT2D eigenvalue weighted by Gasteiger charge is 2.23. The standard InChI is InChI=1S/C15H23NO3S/c1-12-7-8-15(16-11-12)20(17,18)10-9-19-14-6-4-3-5-13(14)2/h7-8,11,13-14H,3-6,9-10H2,1-2H3/t13-,14+/m1/s1. The van der Waals surface area contributed by atoms with E-state index in [1.807, 2.05) is 6.92 Å². The van der Waals surface area contributed by atoms with Gasteiger partial charge in [0, 0.05) is 6.20 Å². The summed E-state index contributed by atoms with van der Waals surface area (Å²) in [7, 11) is -3.33. The van der Waals surface area contributed by atoms with Crippen molar-refractivity contribution in [1.82, 2.24) is 4.98 Å². The van der Waals surface area contributed by atoms with Crippen LogP contribution in [0.4, 0.5) is 0 Å². The molecular weight excluding hydrogens is 274 g/mol. The number of pyridine rings is 1. The summed E-state index contributed by atoms with van der Waals surface area (Å²) in [6.07, 6.45) is 6.45. The maximum absolute atomic E-state index is 12.1. The second kappa shape index (κ2) is 6.68. The zero-order valence-electron chi connectivity index (χ0n) is 12.2. The van der Waals surface area contributed by atoms with Crippen molar-refractivity contribution >= 4 is 9.84 Å². The first-order chi connectivity index (χ1) is 9.49.